The molecule has 0 aliphatic rings. The van der Waals surface area contributed by atoms with Crippen molar-refractivity contribution < 1.29 is 22.7 Å². The van der Waals surface area contributed by atoms with Crippen molar-refractivity contribution in [2.24, 2.45) is 5.73 Å². The standard InChI is InChI=1S/C13H18F3N3O2.ClH/c1-2-3-10(17)12(20)18-6-7-21-11-5-4-9(8-19-11)13(14,15)16;/h4-5,8,10H,2-3,6-7,17H2,1H3,(H,18,20);1H. The van der Waals surface area contributed by atoms with Crippen molar-refractivity contribution in [1.82, 2.24) is 10.3 Å². The summed E-state index contributed by atoms with van der Waals surface area (Å²) < 4.78 is 42.1. The van der Waals surface area contributed by atoms with Crippen molar-refractivity contribution in [2.45, 2.75) is 32.0 Å². The molecule has 0 saturated carbocycles. The first-order chi connectivity index (χ1) is 9.84. The van der Waals surface area contributed by atoms with E-state index in [1.807, 2.05) is 6.92 Å². The van der Waals surface area contributed by atoms with Crippen LogP contribution in [-0.2, 0) is 11.0 Å². The molecule has 1 unspecified atom stereocenters. The van der Waals surface area contributed by atoms with Crippen LogP contribution in [0.5, 0.6) is 5.88 Å². The monoisotopic (exact) mass is 341 g/mol. The van der Waals surface area contributed by atoms with Gasteiger partial charge in [-0.05, 0) is 12.5 Å². The van der Waals surface area contributed by atoms with E-state index in [1.165, 1.54) is 0 Å². The van der Waals surface area contributed by atoms with Crippen LogP contribution in [0, 0.1) is 0 Å². The molecule has 0 bridgehead atoms. The van der Waals surface area contributed by atoms with Crippen LogP contribution in [0.25, 0.3) is 0 Å². The Morgan fingerprint density at radius 1 is 1.45 bits per heavy atom. The average molecular weight is 342 g/mol. The number of carbonyl (C=O) groups excluding carboxylic acids is 1. The maximum Gasteiger partial charge on any atom is 0.417 e. The zero-order valence-corrected chi connectivity index (χ0v) is 12.8. The molecule has 0 aliphatic heterocycles. The first-order valence-corrected chi connectivity index (χ1v) is 6.54. The molecule has 0 aliphatic carbocycles. The number of nitrogens with two attached hydrogens (primary N) is 1. The highest BCUT2D eigenvalue weighted by Gasteiger charge is 2.30. The van der Waals surface area contributed by atoms with E-state index < -0.39 is 17.8 Å². The van der Waals surface area contributed by atoms with Gasteiger partial charge in [-0.25, -0.2) is 4.98 Å². The number of alkyl halides is 3. The second kappa shape index (κ2) is 9.47. The number of halogens is 4. The Bertz CT molecular complexity index is 455. The number of hydrogen-bond donors (Lipinski definition) is 2. The number of pyridine rings is 1. The van der Waals surface area contributed by atoms with Crippen LogP contribution in [0.15, 0.2) is 18.3 Å². The van der Waals surface area contributed by atoms with Crippen LogP contribution in [0.2, 0.25) is 0 Å². The maximum absolute atomic E-state index is 12.3. The summed E-state index contributed by atoms with van der Waals surface area (Å²) in [6.45, 7) is 2.23. The number of rotatable bonds is 7. The molecule has 5 nitrogen and oxygen atoms in total. The molecule has 1 aromatic heterocycles. The van der Waals surface area contributed by atoms with Gasteiger partial charge >= 0.3 is 6.18 Å². The van der Waals surface area contributed by atoms with Gasteiger partial charge in [0.1, 0.15) is 6.61 Å². The largest absolute Gasteiger partial charge is 0.476 e. The SMILES string of the molecule is CCCC(N)C(=O)NCCOc1ccc(C(F)(F)F)cn1.Cl. The van der Waals surface area contributed by atoms with Crippen molar-refractivity contribution >= 4 is 18.3 Å². The molecule has 1 aromatic rings. The van der Waals surface area contributed by atoms with Gasteiger partial charge in [0.25, 0.3) is 0 Å². The molecule has 0 saturated heterocycles. The van der Waals surface area contributed by atoms with Crippen LogP contribution in [0.3, 0.4) is 0 Å². The molecule has 0 radical (unpaired) electrons. The maximum atomic E-state index is 12.3. The van der Waals surface area contributed by atoms with Crippen LogP contribution in [0.4, 0.5) is 13.2 Å². The fourth-order valence-electron chi connectivity index (χ4n) is 1.54. The third kappa shape index (κ3) is 6.95. The van der Waals surface area contributed by atoms with E-state index in [4.69, 9.17) is 10.5 Å². The zero-order chi connectivity index (χ0) is 15.9. The Morgan fingerprint density at radius 3 is 2.64 bits per heavy atom. The van der Waals surface area contributed by atoms with E-state index in [0.717, 1.165) is 18.6 Å². The molecule has 22 heavy (non-hydrogen) atoms. The number of amides is 1. The minimum absolute atomic E-state index is 0. The molecule has 3 N–H and O–H groups in total. The summed E-state index contributed by atoms with van der Waals surface area (Å²) in [5, 5.41) is 2.58. The first kappa shape index (κ1) is 20.5. The number of hydrogen-bond acceptors (Lipinski definition) is 4. The highest BCUT2D eigenvalue weighted by molar-refractivity contribution is 5.85. The summed E-state index contributed by atoms with van der Waals surface area (Å²) in [7, 11) is 0. The molecule has 1 heterocycles. The Hall–Kier alpha value is -1.54. The van der Waals surface area contributed by atoms with E-state index in [-0.39, 0.29) is 37.3 Å². The summed E-state index contributed by atoms with van der Waals surface area (Å²) in [4.78, 5) is 15.0. The van der Waals surface area contributed by atoms with Gasteiger partial charge in [0.2, 0.25) is 11.8 Å². The zero-order valence-electron chi connectivity index (χ0n) is 12.0. The van der Waals surface area contributed by atoms with Gasteiger partial charge in [0.05, 0.1) is 18.2 Å². The van der Waals surface area contributed by atoms with Crippen molar-refractivity contribution in [2.75, 3.05) is 13.2 Å². The predicted molar refractivity (Wildman–Crippen MR) is 77.9 cm³/mol. The van der Waals surface area contributed by atoms with Crippen LogP contribution in [-0.4, -0.2) is 30.1 Å². The molecule has 1 rings (SSSR count). The lowest BCUT2D eigenvalue weighted by Gasteiger charge is -2.11. The Labute approximate surface area is 132 Å². The molecule has 9 heteroatoms. The summed E-state index contributed by atoms with van der Waals surface area (Å²) in [6, 6.07) is 1.46. The smallest absolute Gasteiger partial charge is 0.417 e. The third-order valence-corrected chi connectivity index (χ3v) is 2.65. The third-order valence-electron chi connectivity index (χ3n) is 2.65. The summed E-state index contributed by atoms with van der Waals surface area (Å²) in [5.74, 6) is -0.212. The lowest BCUT2D eigenvalue weighted by molar-refractivity contribution is -0.137. The van der Waals surface area contributed by atoms with Gasteiger partial charge in [-0.1, -0.05) is 13.3 Å². The number of aromatic nitrogens is 1. The normalized spacial score (nSPS) is 12.2. The van der Waals surface area contributed by atoms with Gasteiger partial charge in [0, 0.05) is 12.3 Å². The van der Waals surface area contributed by atoms with Crippen molar-refractivity contribution in [3.63, 3.8) is 0 Å². The van der Waals surface area contributed by atoms with E-state index in [9.17, 15) is 18.0 Å². The fraction of sp³-hybridized carbons (Fsp3) is 0.538. The molecule has 0 fully saturated rings. The van der Waals surface area contributed by atoms with E-state index in [1.54, 1.807) is 0 Å². The molecule has 0 aromatic carbocycles. The first-order valence-electron chi connectivity index (χ1n) is 6.54. The van der Waals surface area contributed by atoms with Gasteiger partial charge in [-0.2, -0.15) is 13.2 Å². The highest BCUT2D eigenvalue weighted by Crippen LogP contribution is 2.29. The van der Waals surface area contributed by atoms with E-state index in [2.05, 4.69) is 10.3 Å². The van der Waals surface area contributed by atoms with E-state index >= 15 is 0 Å². The number of nitrogens with zero attached hydrogens (tertiary/aromatic N) is 1. The molecule has 0 spiro atoms. The minimum atomic E-state index is -4.42. The quantitative estimate of drug-likeness (QED) is 0.745. The van der Waals surface area contributed by atoms with Gasteiger partial charge in [-0.15, -0.1) is 12.4 Å². The van der Waals surface area contributed by atoms with E-state index in [0.29, 0.717) is 12.6 Å². The van der Waals surface area contributed by atoms with Crippen molar-refractivity contribution in [3.05, 3.63) is 23.9 Å². The van der Waals surface area contributed by atoms with Gasteiger partial charge < -0.3 is 15.8 Å². The summed E-state index contributed by atoms with van der Waals surface area (Å²) in [5.41, 5.74) is 4.77. The minimum Gasteiger partial charge on any atom is -0.476 e. The van der Waals surface area contributed by atoms with Crippen LogP contribution in [0.1, 0.15) is 25.3 Å². The average Bonchev–Trinajstić information content (AvgIpc) is 2.43. The molecule has 126 valence electrons. The number of nitrogens with one attached hydrogen (secondary N) is 1. The fourth-order valence-corrected chi connectivity index (χ4v) is 1.54. The Morgan fingerprint density at radius 2 is 2.14 bits per heavy atom. The van der Waals surface area contributed by atoms with Crippen molar-refractivity contribution in [3.8, 4) is 5.88 Å². The molecular weight excluding hydrogens is 323 g/mol. The van der Waals surface area contributed by atoms with Crippen LogP contribution >= 0.6 is 12.4 Å². The second-order valence-corrected chi connectivity index (χ2v) is 4.42. The number of carbonyl (C=O) groups is 1. The lowest BCUT2D eigenvalue weighted by Crippen LogP contribution is -2.41. The highest BCUT2D eigenvalue weighted by atomic mass is 35.5. The second-order valence-electron chi connectivity index (χ2n) is 4.42. The molecule has 1 atom stereocenters. The number of ether oxygens (including phenoxy) is 1. The Kier molecular flexibility index (Phi) is 8.81. The topological polar surface area (TPSA) is 77.2 Å². The lowest BCUT2D eigenvalue weighted by atomic mass is 10.2. The predicted octanol–water partition coefficient (Wildman–Crippen LogP) is 2.14. The summed E-state index contributed by atoms with van der Waals surface area (Å²) in [6.07, 6.45) is -2.33. The molecule has 1 amide bonds. The van der Waals surface area contributed by atoms with Gasteiger partial charge in [-0.3, -0.25) is 4.79 Å². The van der Waals surface area contributed by atoms with Crippen LogP contribution < -0.4 is 15.8 Å². The van der Waals surface area contributed by atoms with Gasteiger partial charge in [0.15, 0.2) is 0 Å². The molecular formula is C13H19ClF3N3O2. The Balaban J connectivity index is 0.00000441. The van der Waals surface area contributed by atoms with Crippen molar-refractivity contribution in [1.29, 1.82) is 0 Å². The summed E-state index contributed by atoms with van der Waals surface area (Å²) >= 11 is 0.